The predicted octanol–water partition coefficient (Wildman–Crippen LogP) is 3.81. The molecule has 2 aromatic rings. The number of hydrogen-bond acceptors (Lipinski definition) is 0. The summed E-state index contributed by atoms with van der Waals surface area (Å²) in [5.74, 6) is 1.14. The van der Waals surface area contributed by atoms with Crippen molar-refractivity contribution in [1.29, 1.82) is 0 Å². The molecule has 0 amide bonds. The van der Waals surface area contributed by atoms with Crippen molar-refractivity contribution in [3.8, 4) is 0 Å². The summed E-state index contributed by atoms with van der Waals surface area (Å²) >= 11 is 0. The third-order valence-electron chi connectivity index (χ3n) is 3.11. The van der Waals surface area contributed by atoms with Gasteiger partial charge in [0, 0.05) is 29.7 Å². The van der Waals surface area contributed by atoms with Crippen molar-refractivity contribution >= 4 is 0 Å². The van der Waals surface area contributed by atoms with Crippen molar-refractivity contribution in [2.75, 3.05) is 0 Å². The van der Waals surface area contributed by atoms with Gasteiger partial charge >= 0.3 is 0 Å². The average molecular weight is 216 g/mol. The lowest BCUT2D eigenvalue weighted by Gasteiger charge is -2.07. The van der Waals surface area contributed by atoms with E-state index in [1.807, 2.05) is 6.20 Å². The van der Waals surface area contributed by atoms with E-state index in [1.54, 1.807) is 0 Å². The van der Waals surface area contributed by atoms with Gasteiger partial charge in [-0.1, -0.05) is 20.8 Å². The first-order chi connectivity index (χ1) is 7.66. The van der Waals surface area contributed by atoms with Gasteiger partial charge in [0.15, 0.2) is 0 Å². The molecule has 2 rings (SSSR count). The third-order valence-corrected chi connectivity index (χ3v) is 3.11. The molecular formula is C14H20N2. The van der Waals surface area contributed by atoms with Gasteiger partial charge in [-0.25, -0.2) is 0 Å². The zero-order chi connectivity index (χ0) is 11.5. The van der Waals surface area contributed by atoms with E-state index in [9.17, 15) is 0 Å². The van der Waals surface area contributed by atoms with Gasteiger partial charge in [0.2, 0.25) is 0 Å². The van der Waals surface area contributed by atoms with E-state index in [0.29, 0.717) is 11.8 Å². The lowest BCUT2D eigenvalue weighted by Crippen LogP contribution is -1.98. The molecule has 0 saturated carbocycles. The summed E-state index contributed by atoms with van der Waals surface area (Å²) in [5.41, 5.74) is 4.03. The van der Waals surface area contributed by atoms with E-state index < -0.39 is 0 Å². The van der Waals surface area contributed by atoms with Crippen molar-refractivity contribution in [2.45, 2.75) is 39.0 Å². The SMILES string of the molecule is CC(C)c1c[nH]c(CC(C)c2ccc[nH]2)c1. The highest BCUT2D eigenvalue weighted by atomic mass is 14.7. The van der Waals surface area contributed by atoms with Crippen molar-refractivity contribution in [1.82, 2.24) is 9.97 Å². The Hall–Kier alpha value is -1.44. The second-order valence-electron chi connectivity index (χ2n) is 4.84. The summed E-state index contributed by atoms with van der Waals surface area (Å²) < 4.78 is 0. The molecule has 16 heavy (non-hydrogen) atoms. The van der Waals surface area contributed by atoms with Crippen LogP contribution in [0.1, 0.15) is 49.6 Å². The van der Waals surface area contributed by atoms with Crippen molar-refractivity contribution < 1.29 is 0 Å². The van der Waals surface area contributed by atoms with Crippen molar-refractivity contribution in [3.05, 3.63) is 47.5 Å². The van der Waals surface area contributed by atoms with Crippen molar-refractivity contribution in [3.63, 3.8) is 0 Å². The standard InChI is InChI=1S/C14H20N2/c1-10(2)12-8-13(16-9-12)7-11(3)14-5-4-6-15-14/h4-6,8-11,15-16H,7H2,1-3H3. The summed E-state index contributed by atoms with van der Waals surface area (Å²) in [7, 11) is 0. The molecule has 1 atom stereocenters. The zero-order valence-corrected chi connectivity index (χ0v) is 10.2. The Labute approximate surface area is 97.1 Å². The van der Waals surface area contributed by atoms with Crippen LogP contribution in [0, 0.1) is 0 Å². The second kappa shape index (κ2) is 4.60. The van der Waals surface area contributed by atoms with Gasteiger partial charge in [-0.15, -0.1) is 0 Å². The quantitative estimate of drug-likeness (QED) is 0.779. The largest absolute Gasteiger partial charge is 0.365 e. The fourth-order valence-corrected chi connectivity index (χ4v) is 2.00. The summed E-state index contributed by atoms with van der Waals surface area (Å²) in [6.07, 6.45) is 5.18. The Bertz CT molecular complexity index is 423. The molecule has 2 heteroatoms. The normalized spacial score (nSPS) is 13.2. The first-order valence-corrected chi connectivity index (χ1v) is 5.97. The van der Waals surface area contributed by atoms with E-state index >= 15 is 0 Å². The molecule has 2 heterocycles. The van der Waals surface area contributed by atoms with E-state index in [4.69, 9.17) is 0 Å². The molecule has 1 unspecified atom stereocenters. The van der Waals surface area contributed by atoms with Crippen LogP contribution >= 0.6 is 0 Å². The summed E-state index contributed by atoms with van der Waals surface area (Å²) in [6, 6.07) is 6.49. The predicted molar refractivity (Wildman–Crippen MR) is 67.8 cm³/mol. The number of nitrogens with one attached hydrogen (secondary N) is 2. The number of aromatic amines is 2. The van der Waals surface area contributed by atoms with Crippen LogP contribution in [0.3, 0.4) is 0 Å². The van der Waals surface area contributed by atoms with Gasteiger partial charge in [0.1, 0.15) is 0 Å². The summed E-state index contributed by atoms with van der Waals surface area (Å²) in [6.45, 7) is 6.70. The molecule has 0 aliphatic heterocycles. The molecule has 86 valence electrons. The molecule has 0 fully saturated rings. The Balaban J connectivity index is 2.03. The molecule has 0 spiro atoms. The molecule has 2 nitrogen and oxygen atoms in total. The molecule has 2 N–H and O–H groups in total. The lowest BCUT2D eigenvalue weighted by atomic mass is 10.0. The minimum Gasteiger partial charge on any atom is -0.365 e. The smallest absolute Gasteiger partial charge is 0.0179 e. The van der Waals surface area contributed by atoms with Crippen LogP contribution in [0.2, 0.25) is 0 Å². The maximum Gasteiger partial charge on any atom is 0.0179 e. The number of aromatic nitrogens is 2. The first-order valence-electron chi connectivity index (χ1n) is 5.97. The van der Waals surface area contributed by atoms with Gasteiger partial charge < -0.3 is 9.97 Å². The lowest BCUT2D eigenvalue weighted by molar-refractivity contribution is 0.724. The van der Waals surface area contributed by atoms with Crippen LogP contribution < -0.4 is 0 Å². The van der Waals surface area contributed by atoms with Gasteiger partial charge in [-0.2, -0.15) is 0 Å². The van der Waals surface area contributed by atoms with Crippen LogP contribution in [-0.4, -0.2) is 9.97 Å². The molecule has 0 aliphatic carbocycles. The molecule has 0 aromatic carbocycles. The third kappa shape index (κ3) is 2.38. The molecule has 0 radical (unpaired) electrons. The van der Waals surface area contributed by atoms with Crippen LogP contribution in [0.25, 0.3) is 0 Å². The highest BCUT2D eigenvalue weighted by Gasteiger charge is 2.09. The van der Waals surface area contributed by atoms with Gasteiger partial charge in [-0.05, 0) is 36.1 Å². The second-order valence-corrected chi connectivity index (χ2v) is 4.84. The maximum absolute atomic E-state index is 3.37. The minimum absolute atomic E-state index is 0.536. The van der Waals surface area contributed by atoms with Crippen LogP contribution in [0.5, 0.6) is 0 Å². The van der Waals surface area contributed by atoms with E-state index in [2.05, 4.69) is 55.1 Å². The number of hydrogen-bond donors (Lipinski definition) is 2. The van der Waals surface area contributed by atoms with E-state index in [0.717, 1.165) is 6.42 Å². The van der Waals surface area contributed by atoms with E-state index in [-0.39, 0.29) is 0 Å². The number of H-pyrrole nitrogens is 2. The van der Waals surface area contributed by atoms with Gasteiger partial charge in [-0.3, -0.25) is 0 Å². The Morgan fingerprint density at radius 1 is 1.19 bits per heavy atom. The van der Waals surface area contributed by atoms with Gasteiger partial charge in [0.05, 0.1) is 0 Å². The molecule has 2 aromatic heterocycles. The Morgan fingerprint density at radius 2 is 2.00 bits per heavy atom. The minimum atomic E-state index is 0.536. The summed E-state index contributed by atoms with van der Waals surface area (Å²) in [5, 5.41) is 0. The fraction of sp³-hybridized carbons (Fsp3) is 0.429. The highest BCUT2D eigenvalue weighted by molar-refractivity contribution is 5.22. The Kier molecular flexibility index (Phi) is 3.18. The number of rotatable bonds is 4. The van der Waals surface area contributed by atoms with Crippen LogP contribution in [0.4, 0.5) is 0 Å². The topological polar surface area (TPSA) is 31.6 Å². The van der Waals surface area contributed by atoms with E-state index in [1.165, 1.54) is 17.0 Å². The average Bonchev–Trinajstić information content (AvgIpc) is 2.87. The maximum atomic E-state index is 3.37. The monoisotopic (exact) mass is 216 g/mol. The molecule has 0 aliphatic rings. The molecule has 0 bridgehead atoms. The van der Waals surface area contributed by atoms with Crippen LogP contribution in [-0.2, 0) is 6.42 Å². The van der Waals surface area contributed by atoms with Gasteiger partial charge in [0.25, 0.3) is 0 Å². The zero-order valence-electron chi connectivity index (χ0n) is 10.2. The highest BCUT2D eigenvalue weighted by Crippen LogP contribution is 2.21. The van der Waals surface area contributed by atoms with Crippen molar-refractivity contribution in [2.24, 2.45) is 0 Å². The fourth-order valence-electron chi connectivity index (χ4n) is 2.00. The molecule has 0 saturated heterocycles. The first kappa shape index (κ1) is 11.1. The Morgan fingerprint density at radius 3 is 2.56 bits per heavy atom. The molecular weight excluding hydrogens is 196 g/mol. The summed E-state index contributed by atoms with van der Waals surface area (Å²) in [4.78, 5) is 6.64. The van der Waals surface area contributed by atoms with Crippen LogP contribution in [0.15, 0.2) is 30.6 Å².